The number of aromatic nitrogens is 2. The number of piperidine rings is 1. The summed E-state index contributed by atoms with van der Waals surface area (Å²) in [6, 6.07) is 11.0. The zero-order valence-corrected chi connectivity index (χ0v) is 26.8. The molecule has 5 fully saturated rings. The van der Waals surface area contributed by atoms with Crippen molar-refractivity contribution in [1.82, 2.24) is 20.2 Å². The van der Waals surface area contributed by atoms with E-state index in [1.807, 2.05) is 25.1 Å². The second-order valence-electron chi connectivity index (χ2n) is 14.0. The Morgan fingerprint density at radius 1 is 1.00 bits per heavy atom. The van der Waals surface area contributed by atoms with E-state index in [-0.39, 0.29) is 41.0 Å². The lowest BCUT2D eigenvalue weighted by atomic mass is 9.92. The molecule has 5 atom stereocenters. The highest BCUT2D eigenvalue weighted by atomic mass is 19.1. The van der Waals surface area contributed by atoms with Gasteiger partial charge in [-0.2, -0.15) is 9.97 Å². The molecule has 0 radical (unpaired) electrons. The molecule has 4 aromatic rings. The van der Waals surface area contributed by atoms with Crippen LogP contribution in [0.5, 0.6) is 11.8 Å². The number of alkyl halides is 1. The predicted octanol–water partition coefficient (Wildman–Crippen LogP) is 6.92. The van der Waals surface area contributed by atoms with Gasteiger partial charge < -0.3 is 20.1 Å². The van der Waals surface area contributed by atoms with Crippen molar-refractivity contribution in [3.63, 3.8) is 0 Å². The molecule has 1 aromatic heterocycles. The Kier molecular flexibility index (Phi) is 8.12. The fourth-order valence-corrected chi connectivity index (χ4v) is 8.76. The van der Waals surface area contributed by atoms with Crippen LogP contribution in [0, 0.1) is 17.6 Å². The van der Waals surface area contributed by atoms with Crippen molar-refractivity contribution in [3.8, 4) is 22.9 Å². The smallest absolute Gasteiger partial charge is 0.319 e. The average molecular weight is 646 g/mol. The number of aryl methyl sites for hydroxylation is 1. The number of ether oxygens (including phenoxy) is 1. The Balaban J connectivity index is 1.16. The summed E-state index contributed by atoms with van der Waals surface area (Å²) in [6.45, 7) is 5.41. The van der Waals surface area contributed by atoms with Gasteiger partial charge in [-0.3, -0.25) is 4.90 Å². The van der Waals surface area contributed by atoms with Crippen molar-refractivity contribution in [2.45, 2.75) is 82.6 Å². The van der Waals surface area contributed by atoms with Gasteiger partial charge in [0.25, 0.3) is 0 Å². The van der Waals surface area contributed by atoms with Gasteiger partial charge in [0, 0.05) is 49.7 Å². The summed E-state index contributed by atoms with van der Waals surface area (Å²) in [5, 5.41) is 15.9. The number of nitrogens with zero attached hydrogens (tertiary/aromatic N) is 4. The molecule has 0 spiro atoms. The standard InChI is InChI=1S/C37H42F3N5O2/c1-2-22-5-3-6-23-14-28(46)16-29(32(22)23)33-31(39)17-30-35(34(33)40)42-37(43-36(30)45-19-25-8-9-26(20-45)41-25)47-12-4-11-44-18-21-7-10-27(44)15-24(38)13-21/h3,5-6,14,16-17,21,24-27,41,46H,2,4,7-13,15,18-20H2,1H3/t21?,24-,25?,26?,27-/m1/s1. The first kappa shape index (κ1) is 30.7. The minimum atomic E-state index is -0.800. The number of phenolic OH excluding ortho intramolecular Hbond substituents is 1. The first-order chi connectivity index (χ1) is 22.8. The maximum atomic E-state index is 16.9. The van der Waals surface area contributed by atoms with Crippen LogP contribution in [0.4, 0.5) is 19.0 Å². The number of nitrogens with one attached hydrogen (secondary N) is 1. The van der Waals surface area contributed by atoms with E-state index in [4.69, 9.17) is 9.72 Å². The summed E-state index contributed by atoms with van der Waals surface area (Å²) in [6.07, 6.45) is 6.17. The molecule has 3 unspecified atom stereocenters. The van der Waals surface area contributed by atoms with E-state index in [0.29, 0.717) is 78.8 Å². The molecule has 4 saturated heterocycles. The Morgan fingerprint density at radius 3 is 2.64 bits per heavy atom. The molecule has 5 heterocycles. The Labute approximate surface area is 273 Å². The van der Waals surface area contributed by atoms with Gasteiger partial charge >= 0.3 is 6.01 Å². The van der Waals surface area contributed by atoms with Gasteiger partial charge in [0.05, 0.1) is 12.2 Å². The molecule has 2 N–H and O–H groups in total. The second-order valence-corrected chi connectivity index (χ2v) is 14.0. The quantitative estimate of drug-likeness (QED) is 0.202. The molecule has 10 heteroatoms. The van der Waals surface area contributed by atoms with Gasteiger partial charge in [-0.05, 0) is 97.4 Å². The van der Waals surface area contributed by atoms with Crippen LogP contribution in [0.25, 0.3) is 32.8 Å². The lowest BCUT2D eigenvalue weighted by Gasteiger charge is -2.36. The van der Waals surface area contributed by atoms with E-state index in [1.165, 1.54) is 12.1 Å². The highest BCUT2D eigenvalue weighted by Crippen LogP contribution is 2.42. The van der Waals surface area contributed by atoms with Crippen molar-refractivity contribution in [3.05, 3.63) is 53.6 Å². The van der Waals surface area contributed by atoms with Gasteiger partial charge in [0.1, 0.15) is 29.1 Å². The van der Waals surface area contributed by atoms with E-state index in [2.05, 4.69) is 20.1 Å². The fraction of sp³-hybridized carbons (Fsp3) is 0.514. The lowest BCUT2D eigenvalue weighted by Crippen LogP contribution is -2.51. The second kappa shape index (κ2) is 12.4. The van der Waals surface area contributed by atoms with Crippen molar-refractivity contribution < 1.29 is 23.0 Å². The largest absolute Gasteiger partial charge is 0.508 e. The van der Waals surface area contributed by atoms with Crippen molar-refractivity contribution >= 4 is 27.5 Å². The Bertz CT molecular complexity index is 1810. The molecule has 1 saturated carbocycles. The number of benzene rings is 3. The van der Waals surface area contributed by atoms with Gasteiger partial charge in [0.15, 0.2) is 5.82 Å². The molecule has 7 nitrogen and oxygen atoms in total. The highest BCUT2D eigenvalue weighted by Gasteiger charge is 2.36. The minimum absolute atomic E-state index is 0.00318. The first-order valence-electron chi connectivity index (χ1n) is 17.3. The Hall–Kier alpha value is -3.63. The molecule has 1 aliphatic carbocycles. The van der Waals surface area contributed by atoms with E-state index in [1.54, 1.807) is 6.07 Å². The van der Waals surface area contributed by atoms with Crippen LogP contribution in [0.2, 0.25) is 0 Å². The zero-order chi connectivity index (χ0) is 32.2. The third kappa shape index (κ3) is 5.77. The molecule has 3 aromatic carbocycles. The number of fused-ring (bicyclic) bond motifs is 8. The molecular weight excluding hydrogens is 603 g/mol. The van der Waals surface area contributed by atoms with E-state index in [0.717, 1.165) is 44.3 Å². The number of aromatic hydroxyl groups is 1. The summed E-state index contributed by atoms with van der Waals surface area (Å²) in [4.78, 5) is 13.8. The third-order valence-electron chi connectivity index (χ3n) is 10.9. The number of phenols is 1. The average Bonchev–Trinajstić information content (AvgIpc) is 3.19. The zero-order valence-electron chi connectivity index (χ0n) is 26.8. The van der Waals surface area contributed by atoms with Gasteiger partial charge in [-0.15, -0.1) is 0 Å². The lowest BCUT2D eigenvalue weighted by molar-refractivity contribution is 0.113. The molecule has 5 aliphatic rings. The normalized spacial score (nSPS) is 26.0. The van der Waals surface area contributed by atoms with Crippen LogP contribution < -0.4 is 15.0 Å². The van der Waals surface area contributed by atoms with Crippen LogP contribution in [0.15, 0.2) is 36.4 Å². The van der Waals surface area contributed by atoms with E-state index >= 15 is 8.78 Å². The van der Waals surface area contributed by atoms with Crippen molar-refractivity contribution in [1.29, 1.82) is 0 Å². The van der Waals surface area contributed by atoms with Crippen LogP contribution in [0.1, 0.15) is 57.4 Å². The molecule has 9 rings (SSSR count). The molecular formula is C37H42F3N5O2. The summed E-state index contributed by atoms with van der Waals surface area (Å²) in [5.41, 5.74) is 0.994. The predicted molar refractivity (Wildman–Crippen MR) is 178 cm³/mol. The third-order valence-corrected chi connectivity index (χ3v) is 10.9. The summed E-state index contributed by atoms with van der Waals surface area (Å²) < 4.78 is 53.6. The van der Waals surface area contributed by atoms with Crippen molar-refractivity contribution in [2.75, 3.05) is 37.7 Å². The molecule has 4 aliphatic heterocycles. The monoisotopic (exact) mass is 645 g/mol. The fourth-order valence-electron chi connectivity index (χ4n) is 8.76. The minimum Gasteiger partial charge on any atom is -0.508 e. The Morgan fingerprint density at radius 2 is 1.83 bits per heavy atom. The van der Waals surface area contributed by atoms with Gasteiger partial charge in [-0.25, -0.2) is 13.2 Å². The molecule has 4 bridgehead atoms. The summed E-state index contributed by atoms with van der Waals surface area (Å²) >= 11 is 0. The number of hydrogen-bond acceptors (Lipinski definition) is 7. The van der Waals surface area contributed by atoms with Crippen LogP contribution in [0.3, 0.4) is 0 Å². The van der Waals surface area contributed by atoms with Gasteiger partial charge in [-0.1, -0.05) is 25.1 Å². The number of rotatable bonds is 8. The van der Waals surface area contributed by atoms with Crippen LogP contribution in [-0.2, 0) is 6.42 Å². The van der Waals surface area contributed by atoms with Crippen LogP contribution in [-0.4, -0.2) is 77.1 Å². The maximum Gasteiger partial charge on any atom is 0.319 e. The number of piperazine rings is 1. The summed E-state index contributed by atoms with van der Waals surface area (Å²) in [7, 11) is 0. The summed E-state index contributed by atoms with van der Waals surface area (Å²) in [5.74, 6) is -0.706. The highest BCUT2D eigenvalue weighted by molar-refractivity contribution is 6.03. The molecule has 0 amide bonds. The van der Waals surface area contributed by atoms with Crippen molar-refractivity contribution in [2.24, 2.45) is 5.92 Å². The number of hydrogen-bond donors (Lipinski definition) is 2. The topological polar surface area (TPSA) is 73.8 Å². The SMILES string of the molecule is CCc1cccc2cc(O)cc(-c3c(F)cc4c(N5CC6CCC(C5)N6)nc(OCCCN5CC6CC[C@@H]5C[C@H](F)C6)nc4c3F)c12. The van der Waals surface area contributed by atoms with Crippen LogP contribution >= 0.6 is 0 Å². The molecule has 47 heavy (non-hydrogen) atoms. The van der Waals surface area contributed by atoms with E-state index in [9.17, 15) is 9.50 Å². The first-order valence-corrected chi connectivity index (χ1v) is 17.3. The maximum absolute atomic E-state index is 16.9. The number of anilines is 1. The number of halogens is 3. The van der Waals surface area contributed by atoms with E-state index < -0.39 is 17.8 Å². The van der Waals surface area contributed by atoms with Gasteiger partial charge in [0.2, 0.25) is 0 Å². The molecule has 248 valence electrons.